The van der Waals surface area contributed by atoms with Gasteiger partial charge in [-0.25, -0.2) is 0 Å². The normalized spacial score (nSPS) is 13.6. The molecule has 1 N–H and O–H groups in total. The van der Waals surface area contributed by atoms with E-state index in [0.717, 1.165) is 12.5 Å². The summed E-state index contributed by atoms with van der Waals surface area (Å²) in [7, 11) is -1.61. The van der Waals surface area contributed by atoms with Crippen LogP contribution in [0.3, 0.4) is 0 Å². The Morgan fingerprint density at radius 1 is 1.38 bits per heavy atom. The van der Waals surface area contributed by atoms with Crippen LogP contribution in [0.5, 0.6) is 0 Å². The van der Waals surface area contributed by atoms with Crippen molar-refractivity contribution in [3.8, 4) is 0 Å². The lowest BCUT2D eigenvalue weighted by Gasteiger charge is -2.30. The number of unbranched alkanes of at least 4 members (excludes halogenated alkanes) is 1. The molecule has 0 aromatic heterocycles. The fourth-order valence-electron chi connectivity index (χ4n) is 2.01. The van der Waals surface area contributed by atoms with Gasteiger partial charge in [-0.2, -0.15) is 0 Å². The summed E-state index contributed by atoms with van der Waals surface area (Å²) in [6.07, 6.45) is 2.88. The minimum atomic E-state index is -1.61. The monoisotopic (exact) mass is 246 g/mol. The van der Waals surface area contributed by atoms with Crippen molar-refractivity contribution in [2.45, 2.75) is 57.8 Å². The average molecular weight is 246 g/mol. The van der Waals surface area contributed by atoms with Gasteiger partial charge in [0.1, 0.15) is 0 Å². The molecular weight excluding hydrogens is 220 g/mol. The van der Waals surface area contributed by atoms with Crippen LogP contribution in [0.25, 0.3) is 0 Å². The molecule has 0 aromatic rings. The van der Waals surface area contributed by atoms with Gasteiger partial charge in [-0.1, -0.05) is 38.9 Å². The molecule has 3 nitrogen and oxygen atoms in total. The van der Waals surface area contributed by atoms with Gasteiger partial charge in [0.25, 0.3) is 0 Å². The van der Waals surface area contributed by atoms with E-state index >= 15 is 0 Å². The van der Waals surface area contributed by atoms with Gasteiger partial charge in [0.15, 0.2) is 0 Å². The molecule has 96 valence electrons. The Kier molecular flexibility index (Phi) is 7.67. The number of ether oxygens (including phenoxy) is 1. The van der Waals surface area contributed by atoms with Gasteiger partial charge < -0.3 is 9.84 Å². The van der Waals surface area contributed by atoms with Crippen molar-refractivity contribution >= 4 is 14.0 Å². The summed E-state index contributed by atoms with van der Waals surface area (Å²) >= 11 is 0. The zero-order valence-electron chi connectivity index (χ0n) is 11.1. The highest BCUT2D eigenvalue weighted by Gasteiger charge is 2.36. The molecule has 1 unspecified atom stereocenters. The highest BCUT2D eigenvalue weighted by Crippen LogP contribution is 2.31. The van der Waals surface area contributed by atoms with E-state index in [0.29, 0.717) is 13.0 Å². The Labute approximate surface area is 100 Å². The van der Waals surface area contributed by atoms with Crippen molar-refractivity contribution in [1.82, 2.24) is 0 Å². The van der Waals surface area contributed by atoms with Gasteiger partial charge in [0.2, 0.25) is 0 Å². The number of hydrogen-bond acceptors (Lipinski definition) is 3. The van der Waals surface area contributed by atoms with Gasteiger partial charge in [-0.05, 0) is 13.3 Å². The topological polar surface area (TPSA) is 46.5 Å². The molecule has 0 rings (SSSR count). The molecule has 1 atom stereocenters. The molecule has 0 spiro atoms. The molecule has 0 aliphatic carbocycles. The number of aliphatic hydroxyl groups is 1. The van der Waals surface area contributed by atoms with E-state index in [9.17, 15) is 4.79 Å². The van der Waals surface area contributed by atoms with E-state index < -0.39 is 8.07 Å². The Balaban J connectivity index is 4.53. The van der Waals surface area contributed by atoms with Crippen LogP contribution in [0.15, 0.2) is 0 Å². The zero-order valence-corrected chi connectivity index (χ0v) is 12.1. The van der Waals surface area contributed by atoms with Crippen molar-refractivity contribution in [3.05, 3.63) is 0 Å². The second kappa shape index (κ2) is 7.85. The number of carbonyl (C=O) groups excluding carboxylic acids is 1. The van der Waals surface area contributed by atoms with Crippen molar-refractivity contribution < 1.29 is 14.6 Å². The van der Waals surface area contributed by atoms with Crippen molar-refractivity contribution in [1.29, 1.82) is 0 Å². The third-order valence-corrected chi connectivity index (χ3v) is 7.16. The summed E-state index contributed by atoms with van der Waals surface area (Å²) in [6.45, 7) is 8.94. The summed E-state index contributed by atoms with van der Waals surface area (Å²) in [5.41, 5.74) is -0.0519. The first kappa shape index (κ1) is 15.6. The van der Waals surface area contributed by atoms with Crippen LogP contribution in [-0.2, 0) is 9.53 Å². The van der Waals surface area contributed by atoms with E-state index in [1.807, 2.05) is 6.92 Å². The standard InChI is InChI=1S/C12H26O3Si/c1-5-7-10-16(3,4)11(8-9-13)12(14)15-6-2/h11,13H,5-10H2,1-4H3. The van der Waals surface area contributed by atoms with E-state index in [1.165, 1.54) is 6.42 Å². The Morgan fingerprint density at radius 2 is 2.00 bits per heavy atom. The quantitative estimate of drug-likeness (QED) is 0.529. The van der Waals surface area contributed by atoms with E-state index in [1.54, 1.807) is 0 Å². The van der Waals surface area contributed by atoms with E-state index in [2.05, 4.69) is 20.0 Å². The molecule has 0 radical (unpaired) electrons. The molecule has 0 saturated heterocycles. The first-order chi connectivity index (χ1) is 7.49. The minimum absolute atomic E-state index is 0.0519. The van der Waals surface area contributed by atoms with Crippen LogP contribution in [0.1, 0.15) is 33.1 Å². The van der Waals surface area contributed by atoms with Crippen LogP contribution in [0.2, 0.25) is 24.7 Å². The maximum Gasteiger partial charge on any atom is 0.306 e. The smallest absolute Gasteiger partial charge is 0.306 e. The summed E-state index contributed by atoms with van der Waals surface area (Å²) in [5.74, 6) is -0.107. The lowest BCUT2D eigenvalue weighted by atomic mass is 10.3. The predicted octanol–water partition coefficient (Wildman–Crippen LogP) is 2.81. The Morgan fingerprint density at radius 3 is 2.44 bits per heavy atom. The molecular formula is C12H26O3Si. The van der Waals surface area contributed by atoms with Crippen LogP contribution >= 0.6 is 0 Å². The van der Waals surface area contributed by atoms with Gasteiger partial charge in [-0.15, -0.1) is 0 Å². The van der Waals surface area contributed by atoms with E-state index in [-0.39, 0.29) is 18.1 Å². The Hall–Kier alpha value is -0.353. The zero-order chi connectivity index (χ0) is 12.6. The van der Waals surface area contributed by atoms with Crippen LogP contribution in [0.4, 0.5) is 0 Å². The summed E-state index contributed by atoms with van der Waals surface area (Å²) in [4.78, 5) is 11.8. The maximum absolute atomic E-state index is 11.8. The van der Waals surface area contributed by atoms with Crippen molar-refractivity contribution in [3.63, 3.8) is 0 Å². The molecule has 0 amide bonds. The lowest BCUT2D eigenvalue weighted by molar-refractivity contribution is -0.143. The highest BCUT2D eigenvalue weighted by atomic mass is 28.3. The SMILES string of the molecule is CCCC[Si](C)(C)C(CCO)C(=O)OCC. The lowest BCUT2D eigenvalue weighted by Crippen LogP contribution is -2.38. The number of carbonyl (C=O) groups is 1. The molecule has 0 aliphatic rings. The highest BCUT2D eigenvalue weighted by molar-refractivity contribution is 6.81. The summed E-state index contributed by atoms with van der Waals surface area (Å²) in [6, 6.07) is 1.13. The summed E-state index contributed by atoms with van der Waals surface area (Å²) in [5, 5.41) is 9.06. The largest absolute Gasteiger partial charge is 0.466 e. The summed E-state index contributed by atoms with van der Waals surface area (Å²) < 4.78 is 5.11. The van der Waals surface area contributed by atoms with Crippen molar-refractivity contribution in [2.24, 2.45) is 0 Å². The van der Waals surface area contributed by atoms with Gasteiger partial charge in [0.05, 0.1) is 20.2 Å². The van der Waals surface area contributed by atoms with Crippen LogP contribution < -0.4 is 0 Å². The molecule has 16 heavy (non-hydrogen) atoms. The van der Waals surface area contributed by atoms with Crippen LogP contribution in [-0.4, -0.2) is 32.4 Å². The Bertz CT molecular complexity index is 204. The number of rotatable bonds is 8. The second-order valence-electron chi connectivity index (χ2n) is 4.91. The van der Waals surface area contributed by atoms with E-state index in [4.69, 9.17) is 9.84 Å². The molecule has 0 heterocycles. The molecule has 0 bridgehead atoms. The third-order valence-electron chi connectivity index (χ3n) is 3.11. The molecule has 0 aromatic carbocycles. The molecule has 0 saturated carbocycles. The van der Waals surface area contributed by atoms with Gasteiger partial charge in [0, 0.05) is 6.61 Å². The molecule has 0 aliphatic heterocycles. The van der Waals surface area contributed by atoms with Gasteiger partial charge >= 0.3 is 5.97 Å². The number of hydrogen-bond donors (Lipinski definition) is 1. The second-order valence-corrected chi connectivity index (χ2v) is 10.1. The van der Waals surface area contributed by atoms with Crippen LogP contribution in [0, 0.1) is 0 Å². The maximum atomic E-state index is 11.8. The first-order valence-corrected chi connectivity index (χ1v) is 9.55. The fraction of sp³-hybridized carbons (Fsp3) is 0.917. The average Bonchev–Trinajstić information content (AvgIpc) is 2.23. The third kappa shape index (κ3) is 5.12. The van der Waals surface area contributed by atoms with Gasteiger partial charge in [-0.3, -0.25) is 4.79 Å². The fourth-order valence-corrected chi connectivity index (χ4v) is 5.25. The predicted molar refractivity (Wildman–Crippen MR) is 69.3 cm³/mol. The van der Waals surface area contributed by atoms with Crippen molar-refractivity contribution in [2.75, 3.05) is 13.2 Å². The number of esters is 1. The number of aliphatic hydroxyl groups excluding tert-OH is 1. The minimum Gasteiger partial charge on any atom is -0.466 e. The molecule has 4 heteroatoms. The first-order valence-electron chi connectivity index (χ1n) is 6.27. The molecule has 0 fully saturated rings.